The van der Waals surface area contributed by atoms with E-state index in [2.05, 4.69) is 20.1 Å². The summed E-state index contributed by atoms with van der Waals surface area (Å²) in [6.45, 7) is 6.54. The van der Waals surface area contributed by atoms with Gasteiger partial charge in [0.25, 0.3) is 5.91 Å². The Morgan fingerprint density at radius 3 is 2.74 bits per heavy atom. The van der Waals surface area contributed by atoms with Crippen molar-refractivity contribution in [1.82, 2.24) is 29.6 Å². The van der Waals surface area contributed by atoms with E-state index >= 15 is 0 Å². The van der Waals surface area contributed by atoms with Crippen molar-refractivity contribution in [1.29, 1.82) is 0 Å². The van der Waals surface area contributed by atoms with Crippen LogP contribution in [0.3, 0.4) is 0 Å². The maximum absolute atomic E-state index is 12.8. The van der Waals surface area contributed by atoms with Crippen molar-refractivity contribution < 1.29 is 9.53 Å². The molecule has 0 unspecified atom stereocenters. The van der Waals surface area contributed by atoms with Crippen molar-refractivity contribution in [3.63, 3.8) is 0 Å². The minimum Gasteiger partial charge on any atom is -0.380 e. The fourth-order valence-corrected chi connectivity index (χ4v) is 2.72. The van der Waals surface area contributed by atoms with Gasteiger partial charge in [-0.05, 0) is 20.8 Å². The first-order chi connectivity index (χ1) is 10.9. The zero-order chi connectivity index (χ0) is 16.6. The number of H-pyrrole nitrogens is 1. The maximum Gasteiger partial charge on any atom is 0.294 e. The van der Waals surface area contributed by atoms with Gasteiger partial charge >= 0.3 is 0 Å². The summed E-state index contributed by atoms with van der Waals surface area (Å²) < 4.78 is 7.13. The largest absolute Gasteiger partial charge is 0.380 e. The van der Waals surface area contributed by atoms with Gasteiger partial charge in [0.05, 0.1) is 17.7 Å². The van der Waals surface area contributed by atoms with E-state index in [0.29, 0.717) is 13.0 Å². The molecule has 1 aliphatic rings. The minimum absolute atomic E-state index is 0.0150. The molecule has 3 rings (SSSR count). The van der Waals surface area contributed by atoms with Crippen molar-refractivity contribution >= 4 is 5.91 Å². The Labute approximate surface area is 134 Å². The van der Waals surface area contributed by atoms with Crippen LogP contribution in [0.15, 0.2) is 18.7 Å². The third-order valence-electron chi connectivity index (χ3n) is 4.06. The lowest BCUT2D eigenvalue weighted by Gasteiger charge is -2.21. The van der Waals surface area contributed by atoms with Gasteiger partial charge in [0.15, 0.2) is 0 Å². The van der Waals surface area contributed by atoms with Gasteiger partial charge in [-0.15, -0.1) is 5.10 Å². The monoisotopic (exact) mass is 318 g/mol. The number of rotatable bonds is 3. The molecule has 8 nitrogen and oxygen atoms in total. The molecular weight excluding hydrogens is 296 g/mol. The van der Waals surface area contributed by atoms with Crippen LogP contribution in [-0.2, 0) is 10.3 Å². The van der Waals surface area contributed by atoms with Crippen LogP contribution in [-0.4, -0.2) is 55.3 Å². The number of aromatic nitrogens is 5. The molecule has 3 heterocycles. The molecule has 2 atom stereocenters. The molecule has 8 heteroatoms. The number of carbonyl (C=O) groups excluding carboxylic acids is 1. The van der Waals surface area contributed by atoms with Crippen molar-refractivity contribution in [2.24, 2.45) is 0 Å². The molecule has 2 aromatic rings. The van der Waals surface area contributed by atoms with E-state index in [-0.39, 0.29) is 29.4 Å². The van der Waals surface area contributed by atoms with Gasteiger partial charge in [-0.25, -0.2) is 14.6 Å². The van der Waals surface area contributed by atoms with Crippen molar-refractivity contribution in [2.45, 2.75) is 44.9 Å². The van der Waals surface area contributed by atoms with Gasteiger partial charge in [0.2, 0.25) is 5.82 Å². The Morgan fingerprint density at radius 1 is 1.39 bits per heavy atom. The standard InChI is InChI=1S/C15H22N6O2/c1-15(2,3)21-9-18-13(19-21)14(22)20-8-10(23-4)7-11(20)12-16-5-6-17-12/h5-6,9-11H,7-8H2,1-4H3,(H,16,17)/t10-,11+/m1/s1. The Bertz CT molecular complexity index is 672. The SMILES string of the molecule is CO[C@@H]1C[C@@H](c2ncc[nH]2)N(C(=O)c2ncn(C(C)(C)C)n2)C1. The number of nitrogens with zero attached hydrogens (tertiary/aromatic N) is 5. The first-order valence-corrected chi connectivity index (χ1v) is 7.65. The Morgan fingerprint density at radius 2 is 2.17 bits per heavy atom. The van der Waals surface area contributed by atoms with Gasteiger partial charge in [0.1, 0.15) is 12.2 Å². The second-order valence-corrected chi connectivity index (χ2v) is 6.72. The average Bonchev–Trinajstić information content (AvgIpc) is 3.23. The van der Waals surface area contributed by atoms with Gasteiger partial charge in [-0.1, -0.05) is 0 Å². The molecule has 0 aliphatic carbocycles. The van der Waals surface area contributed by atoms with Crippen LogP contribution in [0.2, 0.25) is 0 Å². The Hall–Kier alpha value is -2.22. The number of hydrogen-bond donors (Lipinski definition) is 1. The molecular formula is C15H22N6O2. The quantitative estimate of drug-likeness (QED) is 0.923. The molecule has 1 aliphatic heterocycles. The van der Waals surface area contributed by atoms with E-state index in [1.165, 1.54) is 0 Å². The van der Waals surface area contributed by atoms with E-state index in [1.807, 2.05) is 20.8 Å². The molecule has 0 aromatic carbocycles. The fourth-order valence-electron chi connectivity index (χ4n) is 2.72. The number of amides is 1. The summed E-state index contributed by atoms with van der Waals surface area (Å²) in [5.41, 5.74) is -0.216. The van der Waals surface area contributed by atoms with Gasteiger partial charge in [0, 0.05) is 32.5 Å². The van der Waals surface area contributed by atoms with E-state index in [0.717, 1.165) is 5.82 Å². The van der Waals surface area contributed by atoms with Crippen LogP contribution in [0.5, 0.6) is 0 Å². The third kappa shape index (κ3) is 2.98. The van der Waals surface area contributed by atoms with Crippen LogP contribution in [0.1, 0.15) is 49.7 Å². The average molecular weight is 318 g/mol. The summed E-state index contributed by atoms with van der Waals surface area (Å²) >= 11 is 0. The summed E-state index contributed by atoms with van der Waals surface area (Å²) in [7, 11) is 1.66. The summed E-state index contributed by atoms with van der Waals surface area (Å²) in [5.74, 6) is 0.760. The van der Waals surface area contributed by atoms with Crippen molar-refractivity contribution in [2.75, 3.05) is 13.7 Å². The second-order valence-electron chi connectivity index (χ2n) is 6.72. The molecule has 124 valence electrons. The van der Waals surface area contributed by atoms with Crippen molar-refractivity contribution in [3.8, 4) is 0 Å². The van der Waals surface area contributed by atoms with Gasteiger partial charge in [-0.2, -0.15) is 0 Å². The van der Waals surface area contributed by atoms with Crippen LogP contribution in [0.4, 0.5) is 0 Å². The number of aromatic amines is 1. The molecule has 1 fully saturated rings. The lowest BCUT2D eigenvalue weighted by molar-refractivity contribution is 0.0672. The van der Waals surface area contributed by atoms with Crippen LogP contribution < -0.4 is 0 Å². The molecule has 1 N–H and O–H groups in total. The summed E-state index contributed by atoms with van der Waals surface area (Å²) in [6.07, 6.45) is 5.73. The Kier molecular flexibility index (Phi) is 3.93. The molecule has 0 bridgehead atoms. The highest BCUT2D eigenvalue weighted by Gasteiger charge is 2.39. The lowest BCUT2D eigenvalue weighted by atomic mass is 10.1. The lowest BCUT2D eigenvalue weighted by Crippen LogP contribution is -2.33. The second kappa shape index (κ2) is 5.77. The first-order valence-electron chi connectivity index (χ1n) is 7.65. The number of hydrogen-bond acceptors (Lipinski definition) is 5. The van der Waals surface area contributed by atoms with Gasteiger partial charge < -0.3 is 14.6 Å². The van der Waals surface area contributed by atoms with Crippen molar-refractivity contribution in [3.05, 3.63) is 30.4 Å². The predicted octanol–water partition coefficient (Wildman–Crippen LogP) is 1.36. The topological polar surface area (TPSA) is 88.9 Å². The Balaban J connectivity index is 1.86. The molecule has 1 amide bonds. The van der Waals surface area contributed by atoms with Crippen LogP contribution in [0.25, 0.3) is 0 Å². The highest BCUT2D eigenvalue weighted by molar-refractivity contribution is 5.90. The van der Waals surface area contributed by atoms with E-state index in [4.69, 9.17) is 4.74 Å². The third-order valence-corrected chi connectivity index (χ3v) is 4.06. The normalized spacial score (nSPS) is 21.8. The summed E-state index contributed by atoms with van der Waals surface area (Å²) in [6, 6.07) is -0.149. The van der Waals surface area contributed by atoms with E-state index in [1.54, 1.807) is 35.4 Å². The molecule has 0 saturated carbocycles. The van der Waals surface area contributed by atoms with Crippen LogP contribution >= 0.6 is 0 Å². The minimum atomic E-state index is -0.216. The maximum atomic E-state index is 12.8. The number of likely N-dealkylation sites (tertiary alicyclic amines) is 1. The number of methoxy groups -OCH3 is 1. The molecule has 1 saturated heterocycles. The molecule has 0 spiro atoms. The predicted molar refractivity (Wildman–Crippen MR) is 82.8 cm³/mol. The fraction of sp³-hybridized carbons (Fsp3) is 0.600. The highest BCUT2D eigenvalue weighted by Crippen LogP contribution is 2.32. The van der Waals surface area contributed by atoms with Crippen LogP contribution in [0, 0.1) is 0 Å². The highest BCUT2D eigenvalue weighted by atomic mass is 16.5. The zero-order valence-corrected chi connectivity index (χ0v) is 13.9. The number of imidazole rings is 1. The molecule has 0 radical (unpaired) electrons. The first kappa shape index (κ1) is 15.7. The van der Waals surface area contributed by atoms with E-state index in [9.17, 15) is 4.79 Å². The summed E-state index contributed by atoms with van der Waals surface area (Å²) in [5, 5.41) is 4.34. The van der Waals surface area contributed by atoms with Gasteiger partial charge in [-0.3, -0.25) is 4.79 Å². The smallest absolute Gasteiger partial charge is 0.294 e. The number of carbonyl (C=O) groups is 1. The van der Waals surface area contributed by atoms with E-state index < -0.39 is 0 Å². The molecule has 23 heavy (non-hydrogen) atoms. The number of ether oxygens (including phenoxy) is 1. The summed E-state index contributed by atoms with van der Waals surface area (Å²) in [4.78, 5) is 26.1. The molecule has 2 aromatic heterocycles. The number of nitrogens with one attached hydrogen (secondary N) is 1. The zero-order valence-electron chi connectivity index (χ0n) is 13.9.